The zero-order valence-electron chi connectivity index (χ0n) is 22.8. The van der Waals surface area contributed by atoms with Gasteiger partial charge in [0.2, 0.25) is 0 Å². The predicted octanol–water partition coefficient (Wildman–Crippen LogP) is 4.44. The second-order valence-corrected chi connectivity index (χ2v) is 13.7. The monoisotopic (exact) mass is 566 g/mol. The van der Waals surface area contributed by atoms with Crippen molar-refractivity contribution in [1.82, 2.24) is 14.9 Å². The van der Waals surface area contributed by atoms with Gasteiger partial charge in [0.1, 0.15) is 11.9 Å². The SMILES string of the molecule is CC(=O)[C@H]1CC[C@H]2[C@@H]3C=CC4=CC(=O)CC[C@@]4(C)[C@@H]3[C@@H](OC(=O)NS(=O)(=O)Nc3ccc4cn[nH]c4c3)C[C@]12C. The number of aromatic nitrogens is 2. The Kier molecular flexibility index (Phi) is 6.21. The number of ether oxygens (including phenoxy) is 1. The molecule has 3 N–H and O–H groups in total. The first-order valence-corrected chi connectivity index (χ1v) is 15.3. The van der Waals surface area contributed by atoms with Gasteiger partial charge in [-0.05, 0) is 85.1 Å². The summed E-state index contributed by atoms with van der Waals surface area (Å²) in [5.74, 6) is 0.166. The summed E-state index contributed by atoms with van der Waals surface area (Å²) in [5.41, 5.74) is 1.02. The number of fused-ring (bicyclic) bond motifs is 6. The summed E-state index contributed by atoms with van der Waals surface area (Å²) >= 11 is 0. The minimum atomic E-state index is -4.30. The summed E-state index contributed by atoms with van der Waals surface area (Å²) in [6, 6.07) is 4.86. The van der Waals surface area contributed by atoms with Gasteiger partial charge in [0, 0.05) is 23.6 Å². The molecule has 0 bridgehead atoms. The maximum atomic E-state index is 13.2. The Morgan fingerprint density at radius 1 is 1.20 bits per heavy atom. The number of carbonyl (C=O) groups is 3. The van der Waals surface area contributed by atoms with Gasteiger partial charge in [0.05, 0.1) is 17.4 Å². The van der Waals surface area contributed by atoms with Crippen LogP contribution < -0.4 is 9.44 Å². The van der Waals surface area contributed by atoms with Crippen molar-refractivity contribution in [2.24, 2.45) is 34.5 Å². The van der Waals surface area contributed by atoms with E-state index in [0.717, 1.165) is 23.8 Å². The van der Waals surface area contributed by atoms with Gasteiger partial charge < -0.3 is 4.74 Å². The molecule has 1 aromatic carbocycles. The van der Waals surface area contributed by atoms with Crippen molar-refractivity contribution in [2.45, 2.75) is 59.0 Å². The van der Waals surface area contributed by atoms with E-state index in [1.54, 1.807) is 37.4 Å². The molecule has 11 heteroatoms. The molecule has 1 aromatic heterocycles. The third-order valence-corrected chi connectivity index (χ3v) is 11.0. The molecule has 6 rings (SSSR count). The average Bonchev–Trinajstić information content (AvgIpc) is 3.47. The van der Waals surface area contributed by atoms with Crippen molar-refractivity contribution in [2.75, 3.05) is 4.72 Å². The molecular weight excluding hydrogens is 532 g/mol. The molecule has 212 valence electrons. The molecule has 2 fully saturated rings. The lowest BCUT2D eigenvalue weighted by Crippen LogP contribution is -2.57. The van der Waals surface area contributed by atoms with Crippen LogP contribution in [0.4, 0.5) is 10.5 Å². The number of benzene rings is 1. The zero-order chi connectivity index (χ0) is 28.4. The number of ketones is 2. The van der Waals surface area contributed by atoms with Crippen molar-refractivity contribution < 1.29 is 27.5 Å². The highest BCUT2D eigenvalue weighted by atomic mass is 32.2. The average molecular weight is 567 g/mol. The van der Waals surface area contributed by atoms with Crippen molar-refractivity contribution >= 4 is 44.5 Å². The minimum Gasteiger partial charge on any atom is -0.445 e. The molecule has 10 nitrogen and oxygen atoms in total. The van der Waals surface area contributed by atoms with Crippen LogP contribution in [0, 0.1) is 34.5 Å². The molecule has 0 aliphatic heterocycles. The molecule has 40 heavy (non-hydrogen) atoms. The first kappa shape index (κ1) is 26.7. The standard InChI is InChI=1S/C29H34N4O6S/c1-16(34)22-8-9-23-21-7-5-18-12-20(35)10-11-28(18,2)26(21)25(14-29(22,23)3)39-27(36)33-40(37,38)32-19-6-4-17-15-30-31-24(17)13-19/h4-7,12-13,15,21-23,25-26,32H,8-11,14H2,1-3H3,(H,30,31)(H,33,36)/t21-,22+,23-,25-,26-,28+,29+/m0/s1. The van der Waals surface area contributed by atoms with E-state index >= 15 is 0 Å². The highest BCUT2D eigenvalue weighted by Crippen LogP contribution is 2.65. The van der Waals surface area contributed by atoms with Gasteiger partial charge in [-0.3, -0.25) is 19.4 Å². The molecule has 0 spiro atoms. The quantitative estimate of drug-likeness (QED) is 0.485. The van der Waals surface area contributed by atoms with E-state index in [4.69, 9.17) is 4.74 Å². The molecule has 1 amide bonds. The number of aromatic amines is 1. The second kappa shape index (κ2) is 9.29. The summed E-state index contributed by atoms with van der Waals surface area (Å²) in [7, 11) is -4.30. The van der Waals surface area contributed by atoms with Gasteiger partial charge in [-0.2, -0.15) is 13.5 Å². The second-order valence-electron chi connectivity index (χ2n) is 12.3. The van der Waals surface area contributed by atoms with Crippen LogP contribution in [-0.4, -0.2) is 42.4 Å². The molecule has 0 saturated heterocycles. The smallest absolute Gasteiger partial charge is 0.422 e. The van der Waals surface area contributed by atoms with Crippen LogP contribution >= 0.6 is 0 Å². The Labute approximate surface area is 233 Å². The molecule has 0 radical (unpaired) electrons. The zero-order valence-corrected chi connectivity index (χ0v) is 23.6. The number of H-pyrrole nitrogens is 1. The molecule has 2 saturated carbocycles. The Morgan fingerprint density at radius 3 is 2.77 bits per heavy atom. The third-order valence-electron chi connectivity index (χ3n) is 10.1. The Balaban J connectivity index is 1.28. The van der Waals surface area contributed by atoms with Crippen molar-refractivity contribution in [3.8, 4) is 0 Å². The van der Waals surface area contributed by atoms with Gasteiger partial charge in [-0.25, -0.2) is 9.52 Å². The van der Waals surface area contributed by atoms with Crippen molar-refractivity contribution in [3.05, 3.63) is 48.2 Å². The van der Waals surface area contributed by atoms with Crippen LogP contribution in [-0.2, 0) is 24.5 Å². The number of nitrogens with one attached hydrogen (secondary N) is 3. The summed E-state index contributed by atoms with van der Waals surface area (Å²) < 4.78 is 36.1. The lowest BCUT2D eigenvalue weighted by molar-refractivity contribution is -0.135. The van der Waals surface area contributed by atoms with Gasteiger partial charge in [-0.15, -0.1) is 0 Å². The highest BCUT2D eigenvalue weighted by Gasteiger charge is 2.63. The van der Waals surface area contributed by atoms with Crippen LogP contribution in [0.2, 0.25) is 0 Å². The number of hydrogen-bond acceptors (Lipinski definition) is 7. The maximum absolute atomic E-state index is 13.2. The largest absolute Gasteiger partial charge is 0.445 e. The molecule has 1 heterocycles. The number of allylic oxidation sites excluding steroid dienone is 4. The van der Waals surface area contributed by atoms with Gasteiger partial charge >= 0.3 is 16.3 Å². The summed E-state index contributed by atoms with van der Waals surface area (Å²) in [5, 5.41) is 7.52. The van der Waals surface area contributed by atoms with E-state index in [2.05, 4.69) is 34.8 Å². The van der Waals surface area contributed by atoms with E-state index in [1.165, 1.54) is 0 Å². The van der Waals surface area contributed by atoms with E-state index in [0.29, 0.717) is 24.8 Å². The van der Waals surface area contributed by atoms with E-state index in [-0.39, 0.29) is 46.3 Å². The number of rotatable bonds is 5. The topological polar surface area (TPSA) is 147 Å². The Bertz CT molecular complexity index is 1580. The summed E-state index contributed by atoms with van der Waals surface area (Å²) in [4.78, 5) is 38.1. The minimum absolute atomic E-state index is 0.0344. The fourth-order valence-corrected chi connectivity index (χ4v) is 9.08. The maximum Gasteiger partial charge on any atom is 0.422 e. The molecule has 0 unspecified atom stereocenters. The number of nitrogens with zero attached hydrogens (tertiary/aromatic N) is 1. The molecule has 4 aliphatic rings. The molecule has 4 aliphatic carbocycles. The fourth-order valence-electron chi connectivity index (χ4n) is 8.32. The number of amides is 1. The van der Waals surface area contributed by atoms with Crippen LogP contribution in [0.1, 0.15) is 52.9 Å². The van der Waals surface area contributed by atoms with E-state index in [9.17, 15) is 22.8 Å². The number of hydrogen-bond donors (Lipinski definition) is 3. The van der Waals surface area contributed by atoms with Crippen LogP contribution in [0.25, 0.3) is 10.9 Å². The highest BCUT2D eigenvalue weighted by molar-refractivity contribution is 7.91. The van der Waals surface area contributed by atoms with Gasteiger partial charge in [-0.1, -0.05) is 26.0 Å². The number of carbonyl (C=O) groups excluding carboxylic acids is 3. The number of Topliss-reactive ketones (excluding diaryl/α,β-unsaturated/α-hetero) is 1. The normalized spacial score (nSPS) is 34.8. The molecule has 2 aromatic rings. The van der Waals surface area contributed by atoms with Gasteiger partial charge in [0.25, 0.3) is 0 Å². The van der Waals surface area contributed by atoms with Crippen LogP contribution in [0.3, 0.4) is 0 Å². The van der Waals surface area contributed by atoms with E-state index < -0.39 is 27.8 Å². The Morgan fingerprint density at radius 2 is 2.00 bits per heavy atom. The third kappa shape index (κ3) is 4.34. The lowest BCUT2D eigenvalue weighted by atomic mass is 9.47. The van der Waals surface area contributed by atoms with Crippen LogP contribution in [0.5, 0.6) is 0 Å². The fraction of sp³-hybridized carbons (Fsp3) is 0.517. The number of anilines is 1. The predicted molar refractivity (Wildman–Crippen MR) is 148 cm³/mol. The molecular formula is C29H34N4O6S. The van der Waals surface area contributed by atoms with Crippen LogP contribution in [0.15, 0.2) is 48.2 Å². The first-order valence-electron chi connectivity index (χ1n) is 13.8. The van der Waals surface area contributed by atoms with Gasteiger partial charge in [0.15, 0.2) is 5.78 Å². The summed E-state index contributed by atoms with van der Waals surface area (Å²) in [6.45, 7) is 5.85. The lowest BCUT2D eigenvalue weighted by Gasteiger charge is -2.58. The van der Waals surface area contributed by atoms with Crippen molar-refractivity contribution in [3.63, 3.8) is 0 Å². The molecule has 7 atom stereocenters. The van der Waals surface area contributed by atoms with Crippen molar-refractivity contribution in [1.29, 1.82) is 0 Å². The first-order chi connectivity index (χ1) is 18.9. The summed E-state index contributed by atoms with van der Waals surface area (Å²) in [6.07, 6.45) is 8.92. The Hall–Kier alpha value is -3.47. The van der Waals surface area contributed by atoms with E-state index in [1.807, 2.05) is 10.8 Å².